The van der Waals surface area contributed by atoms with Crippen LogP contribution in [0.25, 0.3) is 0 Å². The van der Waals surface area contributed by atoms with E-state index in [1.54, 1.807) is 30.0 Å². The maximum atomic E-state index is 12.3. The van der Waals surface area contributed by atoms with Gasteiger partial charge in [0.1, 0.15) is 5.75 Å². The van der Waals surface area contributed by atoms with Gasteiger partial charge in [-0.25, -0.2) is 0 Å². The molecule has 0 aromatic heterocycles. The lowest BCUT2D eigenvalue weighted by Gasteiger charge is -2.31. The number of halogens is 1. The molecule has 1 aromatic carbocycles. The van der Waals surface area contributed by atoms with Crippen LogP contribution < -0.4 is 4.74 Å². The quantitative estimate of drug-likeness (QED) is 0.774. The smallest absolute Gasteiger partial charge is 0.310 e. The molecule has 1 aliphatic rings. The van der Waals surface area contributed by atoms with Crippen LogP contribution in [0.3, 0.4) is 0 Å². The van der Waals surface area contributed by atoms with Crippen LogP contribution in [0.15, 0.2) is 18.2 Å². The van der Waals surface area contributed by atoms with Gasteiger partial charge in [-0.3, -0.25) is 9.59 Å². The molecule has 6 heteroatoms. The van der Waals surface area contributed by atoms with E-state index in [0.29, 0.717) is 30.5 Å². The minimum absolute atomic E-state index is 0.0436. The van der Waals surface area contributed by atoms with Crippen molar-refractivity contribution in [3.63, 3.8) is 0 Å². The number of rotatable bonds is 5. The zero-order valence-electron chi connectivity index (χ0n) is 13.5. The van der Waals surface area contributed by atoms with Crippen molar-refractivity contribution >= 4 is 23.5 Å². The van der Waals surface area contributed by atoms with Crippen molar-refractivity contribution in [1.82, 2.24) is 4.90 Å². The van der Waals surface area contributed by atoms with Gasteiger partial charge in [0, 0.05) is 18.1 Å². The van der Waals surface area contributed by atoms with E-state index >= 15 is 0 Å². The summed E-state index contributed by atoms with van der Waals surface area (Å²) in [5.74, 6) is 0.0689. The van der Waals surface area contributed by atoms with Crippen LogP contribution in [-0.4, -0.2) is 43.1 Å². The summed E-state index contributed by atoms with van der Waals surface area (Å²) in [6, 6.07) is 5.27. The molecule has 0 radical (unpaired) electrons. The van der Waals surface area contributed by atoms with Gasteiger partial charge < -0.3 is 14.4 Å². The first-order chi connectivity index (χ1) is 11.0. The molecule has 23 heavy (non-hydrogen) atoms. The number of carbonyl (C=O) groups is 2. The highest BCUT2D eigenvalue weighted by molar-refractivity contribution is 6.30. The minimum atomic E-state index is -0.232. The third-order valence-corrected chi connectivity index (χ3v) is 4.12. The standard InChI is InChI=1S/C17H22ClNO4/c1-3-22-17(21)13-5-4-8-19(10-13)16(20)11-23-15-7-6-14(18)9-12(15)2/h6-7,9,13H,3-5,8,10-11H2,1-2H3. The van der Waals surface area contributed by atoms with Gasteiger partial charge in [-0.1, -0.05) is 11.6 Å². The van der Waals surface area contributed by atoms with E-state index in [-0.39, 0.29) is 24.4 Å². The molecule has 1 aromatic rings. The van der Waals surface area contributed by atoms with E-state index in [9.17, 15) is 9.59 Å². The lowest BCUT2D eigenvalue weighted by Crippen LogP contribution is -2.44. The molecule has 2 rings (SSSR count). The molecular weight excluding hydrogens is 318 g/mol. The summed E-state index contributed by atoms with van der Waals surface area (Å²) in [6.07, 6.45) is 1.56. The molecule has 1 saturated heterocycles. The van der Waals surface area contributed by atoms with Crippen LogP contribution in [0.2, 0.25) is 5.02 Å². The third-order valence-electron chi connectivity index (χ3n) is 3.88. The number of hydrogen-bond donors (Lipinski definition) is 0. The number of likely N-dealkylation sites (tertiary alicyclic amines) is 1. The summed E-state index contributed by atoms with van der Waals surface area (Å²) in [5.41, 5.74) is 0.883. The Kier molecular flexibility index (Phi) is 6.28. The molecule has 0 bridgehead atoms. The Hall–Kier alpha value is -1.75. The van der Waals surface area contributed by atoms with E-state index < -0.39 is 0 Å². The van der Waals surface area contributed by atoms with Crippen molar-refractivity contribution in [1.29, 1.82) is 0 Å². The van der Waals surface area contributed by atoms with Crippen LogP contribution in [-0.2, 0) is 14.3 Å². The van der Waals surface area contributed by atoms with E-state index in [1.165, 1.54) is 0 Å². The molecule has 1 aliphatic heterocycles. The second kappa shape index (κ2) is 8.20. The fraction of sp³-hybridized carbons (Fsp3) is 0.529. The van der Waals surface area contributed by atoms with Gasteiger partial charge in [-0.2, -0.15) is 0 Å². The summed E-state index contributed by atoms with van der Waals surface area (Å²) >= 11 is 5.90. The average Bonchev–Trinajstić information content (AvgIpc) is 2.54. The molecule has 126 valence electrons. The number of nitrogens with zero attached hydrogens (tertiary/aromatic N) is 1. The normalized spacial score (nSPS) is 17.7. The van der Waals surface area contributed by atoms with E-state index in [2.05, 4.69) is 0 Å². The molecule has 1 fully saturated rings. The van der Waals surface area contributed by atoms with Gasteiger partial charge in [0.05, 0.1) is 12.5 Å². The average molecular weight is 340 g/mol. The number of hydrogen-bond acceptors (Lipinski definition) is 4. The molecular formula is C17H22ClNO4. The molecule has 5 nitrogen and oxygen atoms in total. The summed E-state index contributed by atoms with van der Waals surface area (Å²) < 4.78 is 10.6. The Morgan fingerprint density at radius 3 is 2.87 bits per heavy atom. The molecule has 1 unspecified atom stereocenters. The highest BCUT2D eigenvalue weighted by Crippen LogP contribution is 2.22. The largest absolute Gasteiger partial charge is 0.483 e. The van der Waals surface area contributed by atoms with Gasteiger partial charge in [0.25, 0.3) is 5.91 Å². The summed E-state index contributed by atoms with van der Waals surface area (Å²) in [7, 11) is 0. The van der Waals surface area contributed by atoms with E-state index in [1.807, 2.05) is 6.92 Å². The van der Waals surface area contributed by atoms with Gasteiger partial charge in [-0.15, -0.1) is 0 Å². The van der Waals surface area contributed by atoms with Crippen LogP contribution in [0.4, 0.5) is 0 Å². The molecule has 0 aliphatic carbocycles. The Morgan fingerprint density at radius 1 is 1.39 bits per heavy atom. The van der Waals surface area contributed by atoms with Crippen molar-refractivity contribution in [2.75, 3.05) is 26.3 Å². The van der Waals surface area contributed by atoms with Gasteiger partial charge in [0.15, 0.2) is 6.61 Å². The SMILES string of the molecule is CCOC(=O)C1CCCN(C(=O)COc2ccc(Cl)cc2C)C1. The number of esters is 1. The van der Waals surface area contributed by atoms with Crippen LogP contribution >= 0.6 is 11.6 Å². The van der Waals surface area contributed by atoms with Crippen molar-refractivity contribution in [2.45, 2.75) is 26.7 Å². The first kappa shape index (κ1) is 17.6. The lowest BCUT2D eigenvalue weighted by molar-refractivity contribution is -0.151. The Bertz CT molecular complexity index is 576. The molecule has 0 spiro atoms. The highest BCUT2D eigenvalue weighted by atomic mass is 35.5. The molecule has 0 saturated carbocycles. The summed E-state index contributed by atoms with van der Waals surface area (Å²) in [4.78, 5) is 25.8. The number of piperidine rings is 1. The maximum absolute atomic E-state index is 12.3. The Labute approximate surface area is 141 Å². The van der Waals surface area contributed by atoms with Crippen molar-refractivity contribution in [2.24, 2.45) is 5.92 Å². The van der Waals surface area contributed by atoms with Crippen LogP contribution in [0.1, 0.15) is 25.3 Å². The lowest BCUT2D eigenvalue weighted by atomic mass is 9.98. The molecule has 0 N–H and O–H groups in total. The topological polar surface area (TPSA) is 55.8 Å². The molecule has 1 atom stereocenters. The zero-order valence-corrected chi connectivity index (χ0v) is 14.3. The second-order valence-electron chi connectivity index (χ2n) is 5.63. The maximum Gasteiger partial charge on any atom is 0.310 e. The van der Waals surface area contributed by atoms with E-state index in [0.717, 1.165) is 18.4 Å². The summed E-state index contributed by atoms with van der Waals surface area (Å²) in [6.45, 7) is 5.04. The summed E-state index contributed by atoms with van der Waals surface area (Å²) in [5, 5.41) is 0.634. The zero-order chi connectivity index (χ0) is 16.8. The first-order valence-corrected chi connectivity index (χ1v) is 8.22. The monoisotopic (exact) mass is 339 g/mol. The number of ether oxygens (including phenoxy) is 2. The van der Waals surface area contributed by atoms with Crippen LogP contribution in [0, 0.1) is 12.8 Å². The highest BCUT2D eigenvalue weighted by Gasteiger charge is 2.29. The number of carbonyl (C=O) groups excluding carboxylic acids is 2. The van der Waals surface area contributed by atoms with Gasteiger partial charge >= 0.3 is 5.97 Å². The van der Waals surface area contributed by atoms with E-state index in [4.69, 9.17) is 21.1 Å². The molecule has 1 heterocycles. The Morgan fingerprint density at radius 2 is 2.17 bits per heavy atom. The van der Waals surface area contributed by atoms with Crippen LogP contribution in [0.5, 0.6) is 5.75 Å². The number of aryl methyl sites for hydroxylation is 1. The Balaban J connectivity index is 1.88. The third kappa shape index (κ3) is 4.86. The van der Waals surface area contributed by atoms with Gasteiger partial charge in [0.2, 0.25) is 0 Å². The predicted molar refractivity (Wildman–Crippen MR) is 87.6 cm³/mol. The van der Waals surface area contributed by atoms with Crippen molar-refractivity contribution in [3.05, 3.63) is 28.8 Å². The fourth-order valence-electron chi connectivity index (χ4n) is 2.66. The van der Waals surface area contributed by atoms with Crippen molar-refractivity contribution in [3.8, 4) is 5.75 Å². The first-order valence-electron chi connectivity index (χ1n) is 7.84. The van der Waals surface area contributed by atoms with Crippen molar-refractivity contribution < 1.29 is 19.1 Å². The minimum Gasteiger partial charge on any atom is -0.483 e. The van der Waals surface area contributed by atoms with Gasteiger partial charge in [-0.05, 0) is 50.5 Å². The number of benzene rings is 1. The number of amides is 1. The molecule has 1 amide bonds. The predicted octanol–water partition coefficient (Wildman–Crippen LogP) is 2.83. The second-order valence-corrected chi connectivity index (χ2v) is 6.07. The fourth-order valence-corrected chi connectivity index (χ4v) is 2.89.